The SMILES string of the molecule is O=C(Nc1nc(-c2ccc(F)cc2F)cs1)c1cc2ccccc2oc1=O. The van der Waals surface area contributed by atoms with Crippen LogP contribution in [0.1, 0.15) is 10.4 Å². The highest BCUT2D eigenvalue weighted by Crippen LogP contribution is 2.27. The van der Waals surface area contributed by atoms with Crippen molar-refractivity contribution in [3.8, 4) is 11.3 Å². The van der Waals surface area contributed by atoms with E-state index >= 15 is 0 Å². The van der Waals surface area contributed by atoms with Gasteiger partial charge in [-0.1, -0.05) is 18.2 Å². The van der Waals surface area contributed by atoms with Crippen LogP contribution in [0.25, 0.3) is 22.2 Å². The summed E-state index contributed by atoms with van der Waals surface area (Å²) in [6.07, 6.45) is 0. The van der Waals surface area contributed by atoms with Crippen LogP contribution in [0.4, 0.5) is 13.9 Å². The molecule has 0 fully saturated rings. The molecular formula is C19H10F2N2O3S. The van der Waals surface area contributed by atoms with Gasteiger partial charge in [0.2, 0.25) is 0 Å². The largest absolute Gasteiger partial charge is 0.422 e. The Balaban J connectivity index is 1.62. The van der Waals surface area contributed by atoms with Crippen molar-refractivity contribution >= 4 is 33.3 Å². The quantitative estimate of drug-likeness (QED) is 0.530. The van der Waals surface area contributed by atoms with Crippen molar-refractivity contribution in [2.45, 2.75) is 0 Å². The van der Waals surface area contributed by atoms with Crippen LogP contribution in [0.2, 0.25) is 0 Å². The molecule has 2 heterocycles. The van der Waals surface area contributed by atoms with Crippen LogP contribution in [-0.2, 0) is 0 Å². The molecule has 0 aliphatic carbocycles. The van der Waals surface area contributed by atoms with Crippen molar-refractivity contribution in [1.82, 2.24) is 4.98 Å². The summed E-state index contributed by atoms with van der Waals surface area (Å²) in [4.78, 5) is 28.6. The third-order valence-electron chi connectivity index (χ3n) is 3.82. The van der Waals surface area contributed by atoms with Crippen LogP contribution in [0.5, 0.6) is 0 Å². The summed E-state index contributed by atoms with van der Waals surface area (Å²) in [6.45, 7) is 0. The van der Waals surface area contributed by atoms with Gasteiger partial charge in [0.15, 0.2) is 5.13 Å². The van der Waals surface area contributed by atoms with E-state index in [0.717, 1.165) is 23.5 Å². The second-order valence-electron chi connectivity index (χ2n) is 5.60. The van der Waals surface area contributed by atoms with Gasteiger partial charge in [0.05, 0.1) is 5.69 Å². The maximum atomic E-state index is 13.9. The van der Waals surface area contributed by atoms with Gasteiger partial charge in [-0.05, 0) is 24.3 Å². The molecule has 0 bridgehead atoms. The molecule has 0 aliphatic heterocycles. The number of thiazole rings is 1. The molecule has 4 aromatic rings. The topological polar surface area (TPSA) is 72.2 Å². The molecule has 134 valence electrons. The molecule has 1 amide bonds. The standard InChI is InChI=1S/C19H10F2N2O3S/c20-11-5-6-12(14(21)8-11)15-9-27-19(22-15)23-17(24)13-7-10-3-1-2-4-16(10)26-18(13)25/h1-9H,(H,22,23,24). The lowest BCUT2D eigenvalue weighted by Crippen LogP contribution is -2.20. The minimum absolute atomic E-state index is 0.110. The number of para-hydroxylation sites is 1. The first-order valence-corrected chi connectivity index (χ1v) is 8.64. The van der Waals surface area contributed by atoms with E-state index in [4.69, 9.17) is 4.42 Å². The van der Waals surface area contributed by atoms with Crippen molar-refractivity contribution in [1.29, 1.82) is 0 Å². The van der Waals surface area contributed by atoms with Gasteiger partial charge < -0.3 is 4.42 Å². The van der Waals surface area contributed by atoms with Gasteiger partial charge in [0.25, 0.3) is 5.91 Å². The summed E-state index contributed by atoms with van der Waals surface area (Å²) < 4.78 is 32.0. The molecule has 5 nitrogen and oxygen atoms in total. The molecule has 8 heteroatoms. The van der Waals surface area contributed by atoms with E-state index in [9.17, 15) is 18.4 Å². The van der Waals surface area contributed by atoms with E-state index in [2.05, 4.69) is 10.3 Å². The van der Waals surface area contributed by atoms with Gasteiger partial charge in [-0.15, -0.1) is 11.3 Å². The molecule has 2 aromatic heterocycles. The maximum Gasteiger partial charge on any atom is 0.349 e. The number of nitrogens with zero attached hydrogens (tertiary/aromatic N) is 1. The molecule has 2 aromatic carbocycles. The zero-order valence-electron chi connectivity index (χ0n) is 13.5. The number of hydrogen-bond donors (Lipinski definition) is 1. The minimum atomic E-state index is -0.771. The Bertz CT molecular complexity index is 1230. The number of carbonyl (C=O) groups is 1. The fourth-order valence-electron chi connectivity index (χ4n) is 2.54. The van der Waals surface area contributed by atoms with Crippen LogP contribution >= 0.6 is 11.3 Å². The first-order chi connectivity index (χ1) is 13.0. The van der Waals surface area contributed by atoms with Crippen LogP contribution < -0.4 is 10.9 Å². The Morgan fingerprint density at radius 2 is 1.93 bits per heavy atom. The number of anilines is 1. The maximum absolute atomic E-state index is 13.9. The Labute approximate surface area is 154 Å². The number of nitrogens with one attached hydrogen (secondary N) is 1. The highest BCUT2D eigenvalue weighted by atomic mass is 32.1. The number of aromatic nitrogens is 1. The lowest BCUT2D eigenvalue weighted by Gasteiger charge is -2.02. The Morgan fingerprint density at radius 3 is 2.74 bits per heavy atom. The second kappa shape index (κ2) is 6.73. The Hall–Kier alpha value is -3.39. The van der Waals surface area contributed by atoms with Crippen LogP contribution in [-0.4, -0.2) is 10.9 Å². The third-order valence-corrected chi connectivity index (χ3v) is 4.58. The zero-order chi connectivity index (χ0) is 19.0. The van der Waals surface area contributed by atoms with E-state index in [0.29, 0.717) is 11.0 Å². The van der Waals surface area contributed by atoms with Gasteiger partial charge in [0, 0.05) is 22.4 Å². The summed E-state index contributed by atoms with van der Waals surface area (Å²) in [5, 5.41) is 4.80. The Morgan fingerprint density at radius 1 is 1.11 bits per heavy atom. The third kappa shape index (κ3) is 3.34. The van der Waals surface area contributed by atoms with Crippen LogP contribution in [0.15, 0.2) is 63.1 Å². The van der Waals surface area contributed by atoms with E-state index in [1.54, 1.807) is 24.3 Å². The fourth-order valence-corrected chi connectivity index (χ4v) is 3.24. The smallest absolute Gasteiger partial charge is 0.349 e. The van der Waals surface area contributed by atoms with Crippen LogP contribution in [0.3, 0.4) is 0 Å². The normalized spacial score (nSPS) is 10.9. The number of amides is 1. The fraction of sp³-hybridized carbons (Fsp3) is 0. The van der Waals surface area contributed by atoms with Crippen molar-refractivity contribution < 1.29 is 18.0 Å². The van der Waals surface area contributed by atoms with E-state index in [-0.39, 0.29) is 22.0 Å². The summed E-state index contributed by atoms with van der Waals surface area (Å²) in [5.74, 6) is -2.13. The predicted molar refractivity (Wildman–Crippen MR) is 97.9 cm³/mol. The Kier molecular flexibility index (Phi) is 4.25. The van der Waals surface area contributed by atoms with Gasteiger partial charge in [-0.2, -0.15) is 0 Å². The number of fused-ring (bicyclic) bond motifs is 1. The summed E-state index contributed by atoms with van der Waals surface area (Å²) in [5.41, 5.74) is -0.204. The molecule has 0 radical (unpaired) electrons. The molecule has 27 heavy (non-hydrogen) atoms. The molecule has 0 saturated heterocycles. The minimum Gasteiger partial charge on any atom is -0.422 e. The van der Waals surface area contributed by atoms with Crippen molar-refractivity contribution in [2.75, 3.05) is 5.32 Å². The molecule has 0 unspecified atom stereocenters. The first kappa shape index (κ1) is 17.0. The number of rotatable bonds is 3. The zero-order valence-corrected chi connectivity index (χ0v) is 14.3. The van der Waals surface area contributed by atoms with Gasteiger partial charge in [-0.3, -0.25) is 10.1 Å². The van der Waals surface area contributed by atoms with Gasteiger partial charge in [0.1, 0.15) is 22.8 Å². The van der Waals surface area contributed by atoms with E-state index < -0.39 is 23.2 Å². The number of carbonyl (C=O) groups excluding carboxylic acids is 1. The predicted octanol–water partition coefficient (Wildman–Crippen LogP) is 4.45. The van der Waals surface area contributed by atoms with E-state index in [1.165, 1.54) is 17.5 Å². The van der Waals surface area contributed by atoms with Gasteiger partial charge >= 0.3 is 5.63 Å². The number of hydrogen-bond acceptors (Lipinski definition) is 5. The van der Waals surface area contributed by atoms with Crippen molar-refractivity contribution in [2.24, 2.45) is 0 Å². The summed E-state index contributed by atoms with van der Waals surface area (Å²) in [7, 11) is 0. The number of halogens is 2. The lowest BCUT2D eigenvalue weighted by molar-refractivity contribution is 0.102. The average molecular weight is 384 g/mol. The van der Waals surface area contributed by atoms with Gasteiger partial charge in [-0.25, -0.2) is 18.6 Å². The highest BCUT2D eigenvalue weighted by Gasteiger charge is 2.16. The highest BCUT2D eigenvalue weighted by molar-refractivity contribution is 7.14. The summed E-state index contributed by atoms with van der Waals surface area (Å²) in [6, 6.07) is 11.4. The van der Waals surface area contributed by atoms with Crippen molar-refractivity contribution in [3.05, 3.63) is 81.5 Å². The average Bonchev–Trinajstić information content (AvgIpc) is 3.09. The number of benzene rings is 2. The van der Waals surface area contributed by atoms with E-state index in [1.807, 2.05) is 0 Å². The molecule has 0 saturated carbocycles. The molecule has 0 aliphatic rings. The van der Waals surface area contributed by atoms with Crippen molar-refractivity contribution in [3.63, 3.8) is 0 Å². The molecule has 0 atom stereocenters. The molecule has 1 N–H and O–H groups in total. The molecule has 0 spiro atoms. The lowest BCUT2D eigenvalue weighted by atomic mass is 10.1. The molecule has 4 rings (SSSR count). The summed E-state index contributed by atoms with van der Waals surface area (Å²) >= 11 is 1.05. The monoisotopic (exact) mass is 384 g/mol. The first-order valence-electron chi connectivity index (χ1n) is 7.76. The molecular weight excluding hydrogens is 374 g/mol. The second-order valence-corrected chi connectivity index (χ2v) is 6.46. The van der Waals surface area contributed by atoms with Crippen LogP contribution in [0, 0.1) is 11.6 Å².